The minimum Gasteiger partial charge on any atom is -0.411 e. The normalized spacial score (nSPS) is 21.2. The van der Waals surface area contributed by atoms with Crippen molar-refractivity contribution in [2.24, 2.45) is 5.16 Å². The van der Waals surface area contributed by atoms with Crippen LogP contribution in [0.5, 0.6) is 0 Å². The quantitative estimate of drug-likeness (QED) is 0.589. The van der Waals surface area contributed by atoms with E-state index < -0.39 is 0 Å². The van der Waals surface area contributed by atoms with Crippen LogP contribution in [0, 0.1) is 0 Å². The van der Waals surface area contributed by atoms with Gasteiger partial charge in [-0.25, -0.2) is 0 Å². The molecule has 3 rings (SSSR count). The van der Waals surface area contributed by atoms with Crippen molar-refractivity contribution in [1.82, 2.24) is 0 Å². The third kappa shape index (κ3) is 1.36. The van der Waals surface area contributed by atoms with E-state index in [1.54, 1.807) is 11.3 Å². The maximum atomic E-state index is 8.99. The SMILES string of the molecule is ON=C1CC(c2ccccc2)c2ccsc21. The van der Waals surface area contributed by atoms with E-state index in [9.17, 15) is 0 Å². The Balaban J connectivity index is 2.08. The third-order valence-electron chi connectivity index (χ3n) is 3.05. The highest BCUT2D eigenvalue weighted by Gasteiger charge is 2.30. The van der Waals surface area contributed by atoms with Crippen LogP contribution >= 0.6 is 11.3 Å². The van der Waals surface area contributed by atoms with Crippen LogP contribution in [-0.4, -0.2) is 10.9 Å². The molecule has 0 saturated heterocycles. The van der Waals surface area contributed by atoms with Crippen LogP contribution in [0.3, 0.4) is 0 Å². The van der Waals surface area contributed by atoms with Crippen molar-refractivity contribution in [3.8, 4) is 0 Å². The van der Waals surface area contributed by atoms with Gasteiger partial charge in [0.25, 0.3) is 0 Å². The molecule has 1 atom stereocenters. The van der Waals surface area contributed by atoms with Crippen molar-refractivity contribution in [3.05, 3.63) is 57.8 Å². The van der Waals surface area contributed by atoms with Gasteiger partial charge in [-0.1, -0.05) is 35.5 Å². The molecule has 1 heterocycles. The zero-order valence-electron chi connectivity index (χ0n) is 8.63. The molecule has 0 amide bonds. The van der Waals surface area contributed by atoms with Gasteiger partial charge in [-0.15, -0.1) is 11.3 Å². The number of fused-ring (bicyclic) bond motifs is 1. The summed E-state index contributed by atoms with van der Waals surface area (Å²) in [4.78, 5) is 1.14. The standard InChI is InChI=1S/C13H11NOS/c15-14-12-8-11(9-4-2-1-3-5-9)10-6-7-16-13(10)12/h1-7,11,15H,8H2. The molecule has 0 bridgehead atoms. The van der Waals surface area contributed by atoms with Crippen molar-refractivity contribution in [1.29, 1.82) is 0 Å². The first-order chi connectivity index (χ1) is 7.90. The minimum absolute atomic E-state index is 0.355. The second kappa shape index (κ2) is 3.76. The third-order valence-corrected chi connectivity index (χ3v) is 4.03. The van der Waals surface area contributed by atoms with Gasteiger partial charge in [-0.05, 0) is 22.6 Å². The van der Waals surface area contributed by atoms with Gasteiger partial charge >= 0.3 is 0 Å². The van der Waals surface area contributed by atoms with Crippen molar-refractivity contribution in [2.45, 2.75) is 12.3 Å². The summed E-state index contributed by atoms with van der Waals surface area (Å²) in [5.74, 6) is 0.355. The van der Waals surface area contributed by atoms with Gasteiger partial charge < -0.3 is 5.21 Å². The summed E-state index contributed by atoms with van der Waals surface area (Å²) >= 11 is 1.65. The lowest BCUT2D eigenvalue weighted by molar-refractivity contribution is 0.318. The lowest BCUT2D eigenvalue weighted by Crippen LogP contribution is -1.97. The molecule has 0 aliphatic heterocycles. The van der Waals surface area contributed by atoms with Gasteiger partial charge in [0.05, 0.1) is 10.6 Å². The van der Waals surface area contributed by atoms with Crippen molar-refractivity contribution in [2.75, 3.05) is 0 Å². The van der Waals surface area contributed by atoms with Crippen LogP contribution in [0.2, 0.25) is 0 Å². The van der Waals surface area contributed by atoms with Crippen LogP contribution in [-0.2, 0) is 0 Å². The van der Waals surface area contributed by atoms with Gasteiger partial charge in [0.15, 0.2) is 0 Å². The maximum Gasteiger partial charge on any atom is 0.0979 e. The zero-order chi connectivity index (χ0) is 11.0. The van der Waals surface area contributed by atoms with E-state index in [0.29, 0.717) is 5.92 Å². The molecule has 0 radical (unpaired) electrons. The summed E-state index contributed by atoms with van der Waals surface area (Å²) in [6.45, 7) is 0. The number of hydrogen-bond donors (Lipinski definition) is 1. The lowest BCUT2D eigenvalue weighted by Gasteiger charge is -2.09. The predicted octanol–water partition coefficient (Wildman–Crippen LogP) is 3.46. The molecule has 80 valence electrons. The first-order valence-corrected chi connectivity index (χ1v) is 6.11. The summed E-state index contributed by atoms with van der Waals surface area (Å²) in [7, 11) is 0. The van der Waals surface area contributed by atoms with Crippen LogP contribution < -0.4 is 0 Å². The number of hydrogen-bond acceptors (Lipinski definition) is 3. The average Bonchev–Trinajstić information content (AvgIpc) is 2.91. The summed E-state index contributed by atoms with van der Waals surface area (Å²) in [5, 5.41) is 14.5. The van der Waals surface area contributed by atoms with E-state index in [2.05, 4.69) is 40.9 Å². The number of thiophene rings is 1. The van der Waals surface area contributed by atoms with Crippen molar-refractivity contribution >= 4 is 17.0 Å². The molecule has 1 aromatic heterocycles. The van der Waals surface area contributed by atoms with Crippen molar-refractivity contribution in [3.63, 3.8) is 0 Å². The molecule has 1 N–H and O–H groups in total. The monoisotopic (exact) mass is 229 g/mol. The molecule has 2 nitrogen and oxygen atoms in total. The Kier molecular flexibility index (Phi) is 2.26. The van der Waals surface area contributed by atoms with E-state index in [-0.39, 0.29) is 0 Å². The first-order valence-electron chi connectivity index (χ1n) is 5.24. The fourth-order valence-electron chi connectivity index (χ4n) is 2.29. The minimum atomic E-state index is 0.355. The van der Waals surface area contributed by atoms with Crippen LogP contribution in [0.4, 0.5) is 0 Å². The predicted molar refractivity (Wildman–Crippen MR) is 65.5 cm³/mol. The van der Waals surface area contributed by atoms with Crippen LogP contribution in [0.1, 0.15) is 28.3 Å². The summed E-state index contributed by atoms with van der Waals surface area (Å²) in [5.41, 5.74) is 3.41. The average molecular weight is 229 g/mol. The van der Waals surface area contributed by atoms with Crippen LogP contribution in [0.25, 0.3) is 0 Å². The molecule has 0 fully saturated rings. The van der Waals surface area contributed by atoms with E-state index in [4.69, 9.17) is 5.21 Å². The number of oxime groups is 1. The Morgan fingerprint density at radius 3 is 2.75 bits per heavy atom. The van der Waals surface area contributed by atoms with Gasteiger partial charge in [-0.2, -0.15) is 0 Å². The molecule has 1 aliphatic rings. The van der Waals surface area contributed by atoms with Gasteiger partial charge in [0, 0.05) is 12.3 Å². The summed E-state index contributed by atoms with van der Waals surface area (Å²) in [6.07, 6.45) is 0.808. The largest absolute Gasteiger partial charge is 0.411 e. The molecular weight excluding hydrogens is 218 g/mol. The number of rotatable bonds is 1. The Labute approximate surface area is 97.9 Å². The Bertz CT molecular complexity index is 530. The lowest BCUT2D eigenvalue weighted by atomic mass is 9.94. The molecule has 0 spiro atoms. The summed E-state index contributed by atoms with van der Waals surface area (Å²) in [6, 6.07) is 12.5. The molecular formula is C13H11NOS. The van der Waals surface area contributed by atoms with Gasteiger partial charge in [-0.3, -0.25) is 0 Å². The highest BCUT2D eigenvalue weighted by atomic mass is 32.1. The molecule has 1 unspecified atom stereocenters. The molecule has 0 saturated carbocycles. The smallest absolute Gasteiger partial charge is 0.0979 e. The number of nitrogens with zero attached hydrogens (tertiary/aromatic N) is 1. The highest BCUT2D eigenvalue weighted by molar-refractivity contribution is 7.12. The van der Waals surface area contributed by atoms with Gasteiger partial charge in [0.1, 0.15) is 0 Å². The second-order valence-electron chi connectivity index (χ2n) is 3.92. The second-order valence-corrected chi connectivity index (χ2v) is 4.84. The van der Waals surface area contributed by atoms with Gasteiger partial charge in [0.2, 0.25) is 0 Å². The number of benzene rings is 1. The molecule has 1 aromatic carbocycles. The fraction of sp³-hybridized carbons (Fsp3) is 0.154. The molecule has 1 aliphatic carbocycles. The summed E-state index contributed by atoms with van der Waals surface area (Å²) < 4.78 is 0. The highest BCUT2D eigenvalue weighted by Crippen LogP contribution is 2.40. The topological polar surface area (TPSA) is 32.6 Å². The molecule has 2 aromatic rings. The molecule has 16 heavy (non-hydrogen) atoms. The van der Waals surface area contributed by atoms with E-state index in [0.717, 1.165) is 17.0 Å². The maximum absolute atomic E-state index is 8.99. The Morgan fingerprint density at radius 2 is 2.00 bits per heavy atom. The van der Waals surface area contributed by atoms with E-state index >= 15 is 0 Å². The van der Waals surface area contributed by atoms with E-state index in [1.807, 2.05) is 6.07 Å². The zero-order valence-corrected chi connectivity index (χ0v) is 9.45. The Hall–Kier alpha value is -1.61. The fourth-order valence-corrected chi connectivity index (χ4v) is 3.25. The first kappa shape index (κ1) is 9.60. The Morgan fingerprint density at radius 1 is 1.19 bits per heavy atom. The molecule has 3 heteroatoms. The van der Waals surface area contributed by atoms with Crippen molar-refractivity contribution < 1.29 is 5.21 Å². The van der Waals surface area contributed by atoms with E-state index in [1.165, 1.54) is 11.1 Å². The van der Waals surface area contributed by atoms with Crippen LogP contribution in [0.15, 0.2) is 46.9 Å².